The highest BCUT2D eigenvalue weighted by molar-refractivity contribution is 5.11. The summed E-state index contributed by atoms with van der Waals surface area (Å²) in [6.07, 6.45) is 11.1. The van der Waals surface area contributed by atoms with E-state index in [9.17, 15) is 10.2 Å². The number of hydrogen-bond donors (Lipinski definition) is 2. The minimum Gasteiger partial charge on any atom is -0.390 e. The average molecular weight is 349 g/mol. The van der Waals surface area contributed by atoms with Crippen LogP contribution in [0.2, 0.25) is 0 Å². The molecule has 0 radical (unpaired) electrons. The fourth-order valence-electron chi connectivity index (χ4n) is 8.59. The van der Waals surface area contributed by atoms with Gasteiger partial charge in [0.2, 0.25) is 0 Å². The van der Waals surface area contributed by atoms with E-state index in [0.717, 1.165) is 30.6 Å². The van der Waals surface area contributed by atoms with Gasteiger partial charge in [0, 0.05) is 0 Å². The van der Waals surface area contributed by atoms with Gasteiger partial charge in [-0.1, -0.05) is 13.8 Å². The topological polar surface area (TPSA) is 40.5 Å². The predicted octanol–water partition coefficient (Wildman–Crippen LogP) is 5.17. The molecule has 4 saturated carbocycles. The first-order chi connectivity index (χ1) is 11.5. The molecule has 0 aromatic heterocycles. The van der Waals surface area contributed by atoms with Gasteiger partial charge in [-0.05, 0) is 119 Å². The van der Waals surface area contributed by atoms with Crippen LogP contribution < -0.4 is 0 Å². The molecular formula is C23H40O2. The van der Waals surface area contributed by atoms with Crippen molar-refractivity contribution in [1.82, 2.24) is 0 Å². The second-order valence-electron chi connectivity index (χ2n) is 11.7. The Labute approximate surface area is 154 Å². The molecule has 4 aliphatic rings. The maximum Gasteiger partial charge on any atom is 0.0625 e. The van der Waals surface area contributed by atoms with Crippen LogP contribution in [0.3, 0.4) is 0 Å². The summed E-state index contributed by atoms with van der Waals surface area (Å²) in [6.45, 7) is 11.2. The number of hydrogen-bond acceptors (Lipinski definition) is 2. The van der Waals surface area contributed by atoms with E-state index in [1.165, 1.54) is 44.9 Å². The fraction of sp³-hybridized carbons (Fsp3) is 1.00. The first-order valence-electron chi connectivity index (χ1n) is 10.9. The van der Waals surface area contributed by atoms with Crippen LogP contribution in [0.5, 0.6) is 0 Å². The molecule has 2 N–H and O–H groups in total. The van der Waals surface area contributed by atoms with E-state index in [0.29, 0.717) is 22.7 Å². The summed E-state index contributed by atoms with van der Waals surface area (Å²) < 4.78 is 0. The lowest BCUT2D eigenvalue weighted by Gasteiger charge is -2.62. The largest absolute Gasteiger partial charge is 0.390 e. The zero-order chi connectivity index (χ0) is 18.3. The molecule has 25 heavy (non-hydrogen) atoms. The van der Waals surface area contributed by atoms with Crippen molar-refractivity contribution in [1.29, 1.82) is 0 Å². The second-order valence-corrected chi connectivity index (χ2v) is 11.7. The van der Waals surface area contributed by atoms with E-state index in [2.05, 4.69) is 20.8 Å². The van der Waals surface area contributed by atoms with Crippen molar-refractivity contribution in [3.8, 4) is 0 Å². The third-order valence-corrected chi connectivity index (χ3v) is 9.81. The Balaban J connectivity index is 1.60. The van der Waals surface area contributed by atoms with Crippen LogP contribution >= 0.6 is 0 Å². The molecule has 0 amide bonds. The van der Waals surface area contributed by atoms with Crippen molar-refractivity contribution in [3.63, 3.8) is 0 Å². The van der Waals surface area contributed by atoms with Crippen LogP contribution in [-0.2, 0) is 0 Å². The number of rotatable bonds is 1. The van der Waals surface area contributed by atoms with E-state index >= 15 is 0 Å². The molecule has 0 unspecified atom stereocenters. The van der Waals surface area contributed by atoms with Gasteiger partial charge in [0.1, 0.15) is 0 Å². The third kappa shape index (κ3) is 2.64. The highest BCUT2D eigenvalue weighted by Gasteiger charge is 2.62. The summed E-state index contributed by atoms with van der Waals surface area (Å²) in [5.41, 5.74) is -0.192. The van der Waals surface area contributed by atoms with E-state index in [1.807, 2.05) is 13.8 Å². The standard InChI is InChI=1S/C23H40O2/c1-20(2,24)19-9-8-17-16-7-6-15-14-21(3,25)12-13-22(15,4)18(16)10-11-23(17,19)5/h15-19,24-25H,6-14H2,1-5H3/t15-,16-,17-,18-,19+,21-,22-,23-/m0/s1. The Morgan fingerprint density at radius 1 is 0.800 bits per heavy atom. The van der Waals surface area contributed by atoms with Crippen molar-refractivity contribution in [3.05, 3.63) is 0 Å². The van der Waals surface area contributed by atoms with Crippen LogP contribution in [0.25, 0.3) is 0 Å². The zero-order valence-corrected chi connectivity index (χ0v) is 17.1. The molecule has 0 heterocycles. The lowest BCUT2D eigenvalue weighted by atomic mass is 9.43. The van der Waals surface area contributed by atoms with Gasteiger partial charge in [0.15, 0.2) is 0 Å². The summed E-state index contributed by atoms with van der Waals surface area (Å²) in [6, 6.07) is 0. The van der Waals surface area contributed by atoms with Crippen LogP contribution in [-0.4, -0.2) is 21.4 Å². The molecule has 4 aliphatic carbocycles. The molecular weight excluding hydrogens is 308 g/mol. The summed E-state index contributed by atoms with van der Waals surface area (Å²) >= 11 is 0. The second kappa shape index (κ2) is 5.47. The highest BCUT2D eigenvalue weighted by atomic mass is 16.3. The molecule has 2 heteroatoms. The lowest BCUT2D eigenvalue weighted by molar-refractivity contribution is -0.155. The highest BCUT2D eigenvalue weighted by Crippen LogP contribution is 2.68. The van der Waals surface area contributed by atoms with Gasteiger partial charge in [0.05, 0.1) is 11.2 Å². The monoisotopic (exact) mass is 348 g/mol. The molecule has 0 aromatic rings. The number of fused-ring (bicyclic) bond motifs is 5. The molecule has 144 valence electrons. The molecule has 0 saturated heterocycles. The summed E-state index contributed by atoms with van der Waals surface area (Å²) in [7, 11) is 0. The Kier molecular flexibility index (Phi) is 4.00. The summed E-state index contributed by atoms with van der Waals surface area (Å²) in [5.74, 6) is 3.69. The van der Waals surface area contributed by atoms with E-state index in [4.69, 9.17) is 0 Å². The zero-order valence-electron chi connectivity index (χ0n) is 17.1. The van der Waals surface area contributed by atoms with Crippen LogP contribution in [0.4, 0.5) is 0 Å². The SMILES string of the molecule is CC(C)(O)[C@H]1CC[C@H]2[C@@H]3CC[C@H]4C[C@@](C)(O)CC[C@]4(C)[C@H]3CC[C@]12C. The van der Waals surface area contributed by atoms with Crippen LogP contribution in [0, 0.1) is 40.4 Å². The molecule has 0 spiro atoms. The first-order valence-corrected chi connectivity index (χ1v) is 10.9. The maximum absolute atomic E-state index is 10.8. The number of aliphatic hydroxyl groups is 2. The minimum absolute atomic E-state index is 0.336. The maximum atomic E-state index is 10.8. The first kappa shape index (κ1) is 18.3. The smallest absolute Gasteiger partial charge is 0.0625 e. The minimum atomic E-state index is -0.541. The van der Waals surface area contributed by atoms with Crippen molar-refractivity contribution in [2.45, 2.75) is 104 Å². The van der Waals surface area contributed by atoms with Gasteiger partial charge in [0.25, 0.3) is 0 Å². The van der Waals surface area contributed by atoms with Crippen LogP contribution in [0.15, 0.2) is 0 Å². The fourth-order valence-corrected chi connectivity index (χ4v) is 8.59. The van der Waals surface area contributed by atoms with Crippen LogP contribution in [0.1, 0.15) is 92.4 Å². The van der Waals surface area contributed by atoms with Gasteiger partial charge in [-0.15, -0.1) is 0 Å². The normalized spacial score (nSPS) is 56.0. The van der Waals surface area contributed by atoms with Crippen molar-refractivity contribution in [2.75, 3.05) is 0 Å². The van der Waals surface area contributed by atoms with Gasteiger partial charge in [-0.2, -0.15) is 0 Å². The third-order valence-electron chi connectivity index (χ3n) is 9.81. The van der Waals surface area contributed by atoms with Crippen molar-refractivity contribution < 1.29 is 10.2 Å². The van der Waals surface area contributed by atoms with E-state index < -0.39 is 11.2 Å². The van der Waals surface area contributed by atoms with Gasteiger partial charge >= 0.3 is 0 Å². The Morgan fingerprint density at radius 2 is 1.48 bits per heavy atom. The van der Waals surface area contributed by atoms with E-state index in [-0.39, 0.29) is 0 Å². The quantitative estimate of drug-likeness (QED) is 0.686. The molecule has 0 aliphatic heterocycles. The molecule has 4 rings (SSSR count). The Hall–Kier alpha value is -0.0800. The Morgan fingerprint density at radius 3 is 2.16 bits per heavy atom. The predicted molar refractivity (Wildman–Crippen MR) is 102 cm³/mol. The molecule has 0 aromatic carbocycles. The Bertz CT molecular complexity index is 533. The molecule has 4 fully saturated rings. The van der Waals surface area contributed by atoms with Crippen molar-refractivity contribution >= 4 is 0 Å². The van der Waals surface area contributed by atoms with Gasteiger partial charge in [-0.25, -0.2) is 0 Å². The van der Waals surface area contributed by atoms with Gasteiger partial charge < -0.3 is 10.2 Å². The van der Waals surface area contributed by atoms with Gasteiger partial charge in [-0.3, -0.25) is 0 Å². The molecule has 2 nitrogen and oxygen atoms in total. The molecule has 0 bridgehead atoms. The van der Waals surface area contributed by atoms with E-state index in [1.54, 1.807) is 0 Å². The molecule has 8 atom stereocenters. The summed E-state index contributed by atoms with van der Waals surface area (Å²) in [4.78, 5) is 0. The lowest BCUT2D eigenvalue weighted by Crippen LogP contribution is -2.56. The summed E-state index contributed by atoms with van der Waals surface area (Å²) in [5, 5.41) is 21.4. The van der Waals surface area contributed by atoms with Crippen molar-refractivity contribution in [2.24, 2.45) is 40.4 Å². The average Bonchev–Trinajstić information content (AvgIpc) is 2.85.